The van der Waals surface area contributed by atoms with Crippen LogP contribution in [0.2, 0.25) is 5.02 Å². The van der Waals surface area contributed by atoms with Gasteiger partial charge in [-0.1, -0.05) is 31.5 Å². The second kappa shape index (κ2) is 16.5. The predicted octanol–water partition coefficient (Wildman–Crippen LogP) is 6.01. The van der Waals surface area contributed by atoms with Crippen LogP contribution in [-0.2, 0) is 37.6 Å². The molecule has 0 amide bonds. The predicted molar refractivity (Wildman–Crippen MR) is 198 cm³/mol. The van der Waals surface area contributed by atoms with E-state index in [1.165, 1.54) is 0 Å². The fraction of sp³-hybridized carbons (Fsp3) is 0.455. The van der Waals surface area contributed by atoms with Crippen LogP contribution in [0.4, 0.5) is 11.4 Å². The molecular formula is C33H44BrClN5O7S2+. The van der Waals surface area contributed by atoms with Crippen LogP contribution in [0.25, 0.3) is 17.1 Å². The van der Waals surface area contributed by atoms with E-state index in [9.17, 15) is 26.2 Å². The summed E-state index contributed by atoms with van der Waals surface area (Å²) in [5, 5.41) is 0.616. The molecule has 4 rings (SSSR count). The summed E-state index contributed by atoms with van der Waals surface area (Å²) in [7, 11) is -7.93. The molecule has 1 aromatic heterocycles. The van der Waals surface area contributed by atoms with Crippen molar-refractivity contribution in [3.05, 3.63) is 68.7 Å². The number of allylic oxidation sites excluding steroid dienone is 2. The number of carbonyl (C=O) groups is 1. The van der Waals surface area contributed by atoms with Crippen LogP contribution in [0.15, 0.2) is 46.7 Å². The van der Waals surface area contributed by atoms with E-state index in [-0.39, 0.29) is 30.1 Å². The first-order chi connectivity index (χ1) is 23.2. The Labute approximate surface area is 302 Å². The lowest BCUT2D eigenvalue weighted by Crippen LogP contribution is -2.38. The molecule has 2 heterocycles. The first kappa shape index (κ1) is 39.0. The van der Waals surface area contributed by atoms with E-state index >= 15 is 0 Å². The number of aromatic nitrogens is 2. The Balaban J connectivity index is 1.82. The van der Waals surface area contributed by atoms with Gasteiger partial charge in [0.1, 0.15) is 5.82 Å². The zero-order chi connectivity index (χ0) is 36.1. The number of anilines is 2. The lowest BCUT2D eigenvalue weighted by atomic mass is 10.1. The van der Waals surface area contributed by atoms with Crippen LogP contribution < -0.4 is 19.8 Å². The molecule has 268 valence electrons. The summed E-state index contributed by atoms with van der Waals surface area (Å²) < 4.78 is 67.0. The van der Waals surface area contributed by atoms with Crippen molar-refractivity contribution in [3.8, 4) is 0 Å². The van der Waals surface area contributed by atoms with Crippen molar-refractivity contribution in [2.24, 2.45) is 0 Å². The molecular weight excluding hydrogens is 758 g/mol. The number of halogens is 2. The van der Waals surface area contributed by atoms with E-state index in [1.807, 2.05) is 79.7 Å². The van der Waals surface area contributed by atoms with Gasteiger partial charge in [0.15, 0.2) is 16.8 Å². The first-order valence-electron chi connectivity index (χ1n) is 16.3. The molecule has 12 nitrogen and oxygen atoms in total. The number of benzene rings is 2. The summed E-state index contributed by atoms with van der Waals surface area (Å²) in [5.74, 6) is 1.01. The van der Waals surface area contributed by atoms with E-state index in [1.54, 1.807) is 6.92 Å². The molecule has 0 unspecified atom stereocenters. The number of nitrogens with one attached hydrogen (secondary N) is 1. The number of carbonyl (C=O) groups excluding carboxylic acids is 1. The van der Waals surface area contributed by atoms with Gasteiger partial charge >= 0.3 is 0 Å². The monoisotopic (exact) mass is 800 g/mol. The van der Waals surface area contributed by atoms with Gasteiger partial charge in [0.2, 0.25) is 0 Å². The number of hydrogen-bond donors (Lipinski definition) is 2. The van der Waals surface area contributed by atoms with Crippen molar-refractivity contribution in [1.29, 1.82) is 0 Å². The number of Topliss-reactive ketones (excluding diaryl/α,β-unsaturated/α-hetero) is 1. The highest BCUT2D eigenvalue weighted by Gasteiger charge is 2.31. The first-order valence-corrected chi connectivity index (χ1v) is 20.6. The summed E-state index contributed by atoms with van der Waals surface area (Å²) in [6.07, 6.45) is 6.59. The van der Waals surface area contributed by atoms with Crippen molar-refractivity contribution in [1.82, 2.24) is 10.0 Å². The van der Waals surface area contributed by atoms with E-state index in [0.717, 1.165) is 39.6 Å². The number of imidazole rings is 1. The Morgan fingerprint density at radius 3 is 2.37 bits per heavy atom. The number of nitrogens with zero attached hydrogens (tertiary/aromatic N) is 4. The van der Waals surface area contributed by atoms with E-state index in [0.29, 0.717) is 54.2 Å². The normalized spacial score (nSPS) is 14.6. The summed E-state index contributed by atoms with van der Waals surface area (Å²) in [4.78, 5) is 17.0. The Kier molecular flexibility index (Phi) is 13.1. The third-order valence-electron chi connectivity index (χ3n) is 8.22. The Bertz CT molecular complexity index is 2000. The molecule has 16 heteroatoms. The maximum atomic E-state index is 12.8. The van der Waals surface area contributed by atoms with Gasteiger partial charge in [-0.2, -0.15) is 26.6 Å². The van der Waals surface area contributed by atoms with Gasteiger partial charge in [-0.05, 0) is 66.9 Å². The number of fused-ring (bicyclic) bond motifs is 2. The fourth-order valence-corrected chi connectivity index (χ4v) is 8.04. The highest BCUT2D eigenvalue weighted by Crippen LogP contribution is 2.44. The van der Waals surface area contributed by atoms with Gasteiger partial charge in [0, 0.05) is 65.7 Å². The number of hydrogen-bond acceptors (Lipinski definition) is 9. The van der Waals surface area contributed by atoms with Crippen LogP contribution in [0.5, 0.6) is 0 Å². The van der Waals surface area contributed by atoms with Crippen molar-refractivity contribution in [2.75, 3.05) is 40.9 Å². The fourth-order valence-electron chi connectivity index (χ4n) is 5.97. The van der Waals surface area contributed by atoms with Crippen LogP contribution in [-0.4, -0.2) is 62.9 Å². The molecule has 0 saturated carbocycles. The molecule has 0 saturated heterocycles. The largest absolute Gasteiger partial charge is 0.326 e. The number of rotatable bonds is 17. The van der Waals surface area contributed by atoms with Crippen molar-refractivity contribution >= 4 is 82.0 Å². The Morgan fingerprint density at radius 1 is 1.02 bits per heavy atom. The molecule has 49 heavy (non-hydrogen) atoms. The second-order valence-electron chi connectivity index (χ2n) is 11.6. The zero-order valence-corrected chi connectivity index (χ0v) is 32.3. The van der Waals surface area contributed by atoms with Crippen molar-refractivity contribution in [3.63, 3.8) is 0 Å². The average molecular weight is 802 g/mol. The maximum Gasteiger partial charge on any atom is 0.283 e. The number of aryl methyl sites for hydroxylation is 3. The summed E-state index contributed by atoms with van der Waals surface area (Å²) >= 11 is 10.1. The number of ketones is 1. The van der Waals surface area contributed by atoms with Gasteiger partial charge < -0.3 is 9.80 Å². The molecule has 1 aliphatic heterocycles. The van der Waals surface area contributed by atoms with Crippen molar-refractivity contribution < 1.29 is 35.0 Å². The zero-order valence-electron chi connectivity index (χ0n) is 28.4. The van der Waals surface area contributed by atoms with Crippen molar-refractivity contribution in [2.45, 2.75) is 67.0 Å². The number of hydroxylamine groups is 1. The smallest absolute Gasteiger partial charge is 0.283 e. The minimum Gasteiger partial charge on any atom is -0.326 e. The highest BCUT2D eigenvalue weighted by molar-refractivity contribution is 9.10. The van der Waals surface area contributed by atoms with Gasteiger partial charge in [0.25, 0.3) is 26.1 Å². The SMILES string of the molecule is CCNOS(=O)(=O)CCC[n+]1c(/C=C/C=C2\N(CC)c3cc(Cl)c(C)cc3N2CCCS(=O)(=O)O)n(CC)c2cc(Br)c(C(=O)CC)cc21. The Morgan fingerprint density at radius 2 is 1.73 bits per heavy atom. The van der Waals surface area contributed by atoms with Crippen LogP contribution >= 0.6 is 27.5 Å². The quantitative estimate of drug-likeness (QED) is 0.0722. The van der Waals surface area contributed by atoms with Gasteiger partial charge in [-0.3, -0.25) is 9.35 Å². The van der Waals surface area contributed by atoms with Gasteiger partial charge in [0.05, 0.1) is 36.0 Å². The maximum absolute atomic E-state index is 12.8. The summed E-state index contributed by atoms with van der Waals surface area (Å²) in [5.41, 5.74) is 7.28. The molecule has 3 aromatic rings. The topological polar surface area (TPSA) is 142 Å². The highest BCUT2D eigenvalue weighted by atomic mass is 79.9. The molecule has 0 radical (unpaired) electrons. The van der Waals surface area contributed by atoms with Gasteiger partial charge in [-0.25, -0.2) is 9.13 Å². The minimum atomic E-state index is -4.13. The molecule has 0 aliphatic carbocycles. The molecule has 0 atom stereocenters. The Hall–Kier alpha value is -2.79. The second-order valence-corrected chi connectivity index (χ2v) is 16.1. The van der Waals surface area contributed by atoms with E-state index in [2.05, 4.69) is 30.9 Å². The van der Waals surface area contributed by atoms with E-state index < -0.39 is 20.2 Å². The summed E-state index contributed by atoms with van der Waals surface area (Å²) in [6, 6.07) is 7.66. The van der Waals surface area contributed by atoms with Crippen LogP contribution in [0.1, 0.15) is 68.7 Å². The van der Waals surface area contributed by atoms with Crippen LogP contribution in [0, 0.1) is 6.92 Å². The summed E-state index contributed by atoms with van der Waals surface area (Å²) in [6.45, 7) is 11.7. The molecule has 0 fully saturated rings. The van der Waals surface area contributed by atoms with E-state index in [4.69, 9.17) is 15.9 Å². The molecule has 2 N–H and O–H groups in total. The lowest BCUT2D eigenvalue weighted by Gasteiger charge is -2.24. The molecule has 2 aromatic carbocycles. The third-order valence-corrected chi connectivity index (χ3v) is 11.3. The lowest BCUT2D eigenvalue weighted by molar-refractivity contribution is -0.673. The van der Waals surface area contributed by atoms with Crippen LogP contribution in [0.3, 0.4) is 0 Å². The van der Waals surface area contributed by atoms with Gasteiger partial charge in [-0.15, -0.1) is 0 Å². The minimum absolute atomic E-state index is 0.0158. The average Bonchev–Trinajstić information content (AvgIpc) is 3.48. The molecule has 0 spiro atoms. The third kappa shape index (κ3) is 9.12. The standard InChI is InChI=1S/C33H43BrClN5O7S2/c1-6-31(41)24-20-28-29(21-25(24)34)37(8-3)32(40(28)16-12-18-49(45,46)47-36-7-2)13-10-14-33-38(9-4)30-22-26(35)23(5)19-27(30)39(33)15-11-17-48(42,43)44/h10,13-14,19-22,36H,6-9,11-12,15-18H2,1-5H3/p+1. The molecule has 0 bridgehead atoms. The molecule has 1 aliphatic rings.